The summed E-state index contributed by atoms with van der Waals surface area (Å²) in [6.45, 7) is 58.9. The molecule has 0 amide bonds. The Hall–Kier alpha value is -4.62. The van der Waals surface area contributed by atoms with Crippen LogP contribution in [0.1, 0.15) is 34.6 Å². The summed E-state index contributed by atoms with van der Waals surface area (Å²) >= 11 is 1.56. The first kappa shape index (κ1) is 134. The molecule has 3 atom stereocenters. The molecule has 1 aliphatic heterocycles. The van der Waals surface area contributed by atoms with Crippen molar-refractivity contribution in [2.24, 2.45) is 0 Å². The number of rotatable bonds is 46. The molecule has 5 N–H and O–H groups in total. The van der Waals surface area contributed by atoms with E-state index in [0.29, 0.717) is 112 Å². The van der Waals surface area contributed by atoms with Gasteiger partial charge in [0, 0.05) is 182 Å². The highest BCUT2D eigenvalue weighted by atomic mass is 32.2. The molecule has 1 fully saturated rings. The van der Waals surface area contributed by atoms with Crippen molar-refractivity contribution in [1.29, 1.82) is 0 Å². The third-order valence-electron chi connectivity index (χ3n) is 9.93. The maximum atomic E-state index is 10.7. The van der Waals surface area contributed by atoms with E-state index in [9.17, 15) is 13.0 Å². The number of aliphatic hydroxyl groups is 3. The van der Waals surface area contributed by atoms with E-state index >= 15 is 0 Å². The summed E-state index contributed by atoms with van der Waals surface area (Å²) in [6, 6.07) is 0. The van der Waals surface area contributed by atoms with Gasteiger partial charge in [-0.3, -0.25) is 13.3 Å². The summed E-state index contributed by atoms with van der Waals surface area (Å²) < 4.78 is 114. The minimum atomic E-state index is -1.89. The molecular weight excluding hydrogens is 1490 g/mol. The molecule has 109 heavy (non-hydrogen) atoms. The van der Waals surface area contributed by atoms with E-state index in [-0.39, 0.29) is 37.4 Å². The second-order valence-electron chi connectivity index (χ2n) is 23.0. The molecule has 1 aliphatic rings. The molecule has 0 aromatic heterocycles. The smallest absolute Gasteiger partial charge is 0.121 e. The summed E-state index contributed by atoms with van der Waals surface area (Å²) in [5.74, 6) is 5.21. The average molecular weight is 1660 g/mol. The maximum absolute atomic E-state index is 10.7. The van der Waals surface area contributed by atoms with Crippen molar-refractivity contribution in [3.8, 4) is 0 Å². The summed E-state index contributed by atoms with van der Waals surface area (Å²) in [5, 5.41) is 30.7. The van der Waals surface area contributed by atoms with Gasteiger partial charge in [-0.15, -0.1) is 0 Å². The lowest BCUT2D eigenvalue weighted by Gasteiger charge is -2.26. The van der Waals surface area contributed by atoms with Crippen LogP contribution in [0.5, 0.6) is 0 Å². The number of likely N-dealkylation sites (N-methyl/N-ethyl adjacent to an activating group) is 4. The van der Waals surface area contributed by atoms with Gasteiger partial charge < -0.3 is 126 Å². The predicted molar refractivity (Wildman–Crippen MR) is 463 cm³/mol. The Labute approximate surface area is 674 Å². The number of nitrogens with one attached hydrogen (secondary N) is 2. The highest BCUT2D eigenvalue weighted by Gasteiger charge is 2.10. The Balaban J connectivity index is -0.0000000842. The maximum Gasteiger partial charge on any atom is 0.121 e. The SMILES string of the molecule is C.C=C(COC)NC.C=C(COC)NCC.C=C(COC)OC.C=C(COC)OC(C)CN(C)C.C=C(COC)OCCCN(C)C.C=C(COC)OCCN(C)C.C=C(COC)OCCN1CCOCC1.C=C(O)/C=C/C.C=C(O)COC.C=C(O)CSC.COCP(C)(C)=O.COC[S@@](C)=O.COC[S@](C)=O. The summed E-state index contributed by atoms with van der Waals surface area (Å²) in [5.41, 5.74) is 1.84. The molecule has 0 bridgehead atoms. The van der Waals surface area contributed by atoms with E-state index in [2.05, 4.69) is 124 Å². The fourth-order valence-corrected chi connectivity index (χ4v) is 7.48. The Morgan fingerprint density at radius 1 is 0.569 bits per heavy atom. The van der Waals surface area contributed by atoms with Gasteiger partial charge in [0.1, 0.15) is 118 Å². The number of methoxy groups -OCH3 is 12. The zero-order valence-electron chi connectivity index (χ0n) is 72.4. The van der Waals surface area contributed by atoms with Crippen molar-refractivity contribution in [2.45, 2.75) is 40.7 Å². The highest BCUT2D eigenvalue weighted by molar-refractivity contribution is 7.98. The molecule has 0 aromatic rings. The zero-order valence-corrected chi connectivity index (χ0v) is 75.8. The average Bonchev–Trinajstić information content (AvgIpc) is 0.988. The van der Waals surface area contributed by atoms with E-state index in [4.69, 9.17) is 67.4 Å². The number of morpholine rings is 1. The van der Waals surface area contributed by atoms with Crippen molar-refractivity contribution in [3.63, 3.8) is 0 Å². The van der Waals surface area contributed by atoms with E-state index in [0.717, 1.165) is 83.4 Å². The Morgan fingerprint density at radius 2 is 0.963 bits per heavy atom. The number of hydrogen-bond donors (Lipinski definition) is 5. The standard InChI is InChI=1S/C10H19NO3.2C9H19NO2.C8H17NO2.C6H13NO.C5H11NO.C5H10O2.C5H8O.C4H11O2P.C4H8O2.C4H8OS.2C3H8O2S.CH4/c1-10(9-12-2)14-8-5-11-3-6-13-7-4-11;1-8(6-10(3)4)12-9(2)7-11-5;1-9(8-11-4)12-7-5-6-10(2)3;1-8(7-10-4)11-6-5-9(2)3;1-4-7-6(2)5-8-3;1-5(6-2)4-7-3;1-5(7-3)4-6-2;1-3-4-5(2)6;1-6-4-7(2,3)5;2*1-4(5)3-6-2;2*1-5-3-6(2)4;/h1,3-9H2,2H3;8H,2,6-7H2,1,3-5H3;1,5-8H2,2-4H3;1,5-7H2,2-4H3;7H,2,4-5H2,1,3H3;6H,1,4H2,2-3H3;1,4H2,2-3H3;3-4,6H,2H2,1H3;4H2,1-3H3;2*5H,1,3H2,2H3;2*3H2,1-2H3;1H4/b;;;;;;;4-3+;;;;;;/t;;;;;;;;;;;2*6-;/m...........10./s1. The van der Waals surface area contributed by atoms with Gasteiger partial charge in [0.25, 0.3) is 0 Å². The third kappa shape index (κ3) is 177. The predicted octanol–water partition coefficient (Wildman–Crippen LogP) is 10.9. The summed E-state index contributed by atoms with van der Waals surface area (Å²) in [6.07, 6.45) is 9.96. The van der Waals surface area contributed by atoms with Gasteiger partial charge in [-0.1, -0.05) is 79.3 Å². The number of ether oxygens (including phenoxy) is 17. The minimum Gasteiger partial charge on any atom is -0.512 e. The lowest BCUT2D eigenvalue weighted by Crippen LogP contribution is -2.38. The monoisotopic (exact) mass is 1660 g/mol. The second kappa shape index (κ2) is 110. The van der Waals surface area contributed by atoms with Crippen LogP contribution in [0.25, 0.3) is 0 Å². The van der Waals surface area contributed by atoms with Crippen LogP contribution in [0.2, 0.25) is 0 Å². The Bertz CT molecular complexity index is 2090. The van der Waals surface area contributed by atoms with Crippen molar-refractivity contribution in [1.82, 2.24) is 30.2 Å². The molecule has 0 aliphatic carbocycles. The largest absolute Gasteiger partial charge is 0.512 e. The summed E-state index contributed by atoms with van der Waals surface area (Å²) in [4.78, 5) is 8.58. The molecule has 0 saturated carbocycles. The van der Waals surface area contributed by atoms with Gasteiger partial charge >= 0.3 is 0 Å². The van der Waals surface area contributed by atoms with Gasteiger partial charge in [0.05, 0.1) is 52.3 Å². The molecule has 0 spiro atoms. The van der Waals surface area contributed by atoms with Crippen LogP contribution in [0.4, 0.5) is 0 Å². The topological polar surface area (TPSA) is 306 Å². The van der Waals surface area contributed by atoms with E-state index in [1.165, 1.54) is 27.4 Å². The van der Waals surface area contributed by atoms with Gasteiger partial charge in [-0.2, -0.15) is 11.8 Å². The van der Waals surface area contributed by atoms with Crippen LogP contribution in [-0.4, -0.2) is 372 Å². The van der Waals surface area contributed by atoms with Gasteiger partial charge in [0.2, 0.25) is 0 Å². The molecule has 0 radical (unpaired) electrons. The number of aliphatic hydroxyl groups excluding tert-OH is 3. The lowest BCUT2D eigenvalue weighted by atomic mass is 10.4. The number of allylic oxidation sites excluding steroid dienone is 2. The normalized spacial score (nSPS) is 11.4. The summed E-state index contributed by atoms with van der Waals surface area (Å²) in [7, 11) is 29.6. The highest BCUT2D eigenvalue weighted by Crippen LogP contribution is 2.34. The van der Waals surface area contributed by atoms with Crippen LogP contribution in [0.3, 0.4) is 0 Å². The van der Waals surface area contributed by atoms with Crippen molar-refractivity contribution >= 4 is 40.5 Å². The number of hydrogen-bond acceptors (Lipinski definition) is 30. The fourth-order valence-electron chi connectivity index (χ4n) is 5.86. The lowest BCUT2D eigenvalue weighted by molar-refractivity contribution is 0.0249. The van der Waals surface area contributed by atoms with Gasteiger partial charge in [0.15, 0.2) is 0 Å². The van der Waals surface area contributed by atoms with E-state index < -0.39 is 28.7 Å². The molecule has 1 unspecified atom stereocenters. The molecule has 1 heterocycles. The van der Waals surface area contributed by atoms with Crippen molar-refractivity contribution in [2.75, 3.05) is 322 Å². The first-order valence-corrected chi connectivity index (χ1v) is 41.4. The molecule has 1 saturated heterocycles. The van der Waals surface area contributed by atoms with E-state index in [1.54, 1.807) is 108 Å². The van der Waals surface area contributed by atoms with Gasteiger partial charge in [-0.05, 0) is 95.1 Å². The van der Waals surface area contributed by atoms with Gasteiger partial charge in [-0.25, -0.2) is 0 Å². The molecular formula is C76H163N6O23PS3. The van der Waals surface area contributed by atoms with Crippen LogP contribution >= 0.6 is 18.9 Å². The number of thioether (sulfide) groups is 1. The second-order valence-corrected chi connectivity index (χ2v) is 30.0. The third-order valence-corrected chi connectivity index (χ3v) is 12.6. The molecule has 29 nitrogen and oxygen atoms in total. The molecule has 1 rings (SSSR count). The first-order valence-electron chi connectivity index (χ1n) is 33.8. The zero-order chi connectivity index (χ0) is 86.5. The van der Waals surface area contributed by atoms with Crippen LogP contribution < -0.4 is 10.6 Å². The number of nitrogens with zero attached hydrogens (tertiary/aromatic N) is 4. The molecule has 658 valence electrons. The fraction of sp³-hybridized carbons (Fsp3) is 0.711. The van der Waals surface area contributed by atoms with Crippen molar-refractivity contribution < 1.29 is 109 Å². The quantitative estimate of drug-likeness (QED) is 0.0164. The van der Waals surface area contributed by atoms with Crippen LogP contribution in [0, 0.1) is 0 Å². The Morgan fingerprint density at radius 3 is 1.20 bits per heavy atom. The first-order chi connectivity index (χ1) is 50.5. The van der Waals surface area contributed by atoms with E-state index in [1.807, 2.05) is 76.4 Å². The molecule has 0 aromatic carbocycles. The van der Waals surface area contributed by atoms with Crippen LogP contribution in [0.15, 0.2) is 135 Å². The Kier molecular flexibility index (Phi) is 134. The van der Waals surface area contributed by atoms with Crippen LogP contribution in [-0.2, 0) is 107 Å². The van der Waals surface area contributed by atoms with Crippen molar-refractivity contribution in [3.05, 3.63) is 135 Å². The molecule has 33 heteroatoms. The minimum absolute atomic E-state index is 0.